The number of ether oxygens (including phenoxy) is 2. The molecule has 0 aliphatic carbocycles. The van der Waals surface area contributed by atoms with Crippen molar-refractivity contribution in [3.05, 3.63) is 28.8 Å². The van der Waals surface area contributed by atoms with Crippen molar-refractivity contribution in [3.8, 4) is 11.5 Å². The molecular formula is C17H19NO5. The monoisotopic (exact) mass is 317 g/mol. The van der Waals surface area contributed by atoms with Gasteiger partial charge in [-0.3, -0.25) is 9.59 Å². The zero-order valence-corrected chi connectivity index (χ0v) is 13.0. The number of rotatable bonds is 3. The number of hydrogen-bond donors (Lipinski definition) is 1. The van der Waals surface area contributed by atoms with E-state index in [0.717, 1.165) is 16.7 Å². The summed E-state index contributed by atoms with van der Waals surface area (Å²) in [6, 6.07) is 3.19. The predicted molar refractivity (Wildman–Crippen MR) is 83.6 cm³/mol. The Labute approximate surface area is 134 Å². The van der Waals surface area contributed by atoms with E-state index in [1.54, 1.807) is 11.0 Å². The van der Waals surface area contributed by atoms with Gasteiger partial charge in [0.25, 0.3) is 0 Å². The molecule has 1 aromatic carbocycles. The van der Waals surface area contributed by atoms with E-state index in [9.17, 15) is 14.7 Å². The summed E-state index contributed by atoms with van der Waals surface area (Å²) >= 11 is 0. The van der Waals surface area contributed by atoms with Gasteiger partial charge in [-0.1, -0.05) is 0 Å². The fourth-order valence-electron chi connectivity index (χ4n) is 2.90. The molecule has 0 radical (unpaired) electrons. The van der Waals surface area contributed by atoms with Crippen molar-refractivity contribution in [1.29, 1.82) is 0 Å². The highest BCUT2D eigenvalue weighted by Crippen LogP contribution is 2.39. The minimum Gasteiger partial charge on any atom is -0.507 e. The lowest BCUT2D eigenvalue weighted by molar-refractivity contribution is -0.134. The summed E-state index contributed by atoms with van der Waals surface area (Å²) in [6.45, 7) is 4.54. The summed E-state index contributed by atoms with van der Waals surface area (Å²) in [6.07, 6.45) is 0.883. The first kappa shape index (κ1) is 15.6. The molecule has 0 spiro atoms. The van der Waals surface area contributed by atoms with Gasteiger partial charge in [-0.25, -0.2) is 0 Å². The van der Waals surface area contributed by atoms with Crippen LogP contribution in [0.15, 0.2) is 17.7 Å². The van der Waals surface area contributed by atoms with Gasteiger partial charge in [-0.05, 0) is 30.2 Å². The van der Waals surface area contributed by atoms with Crippen molar-refractivity contribution in [1.82, 2.24) is 4.90 Å². The van der Waals surface area contributed by atoms with Crippen LogP contribution in [0.25, 0.3) is 5.57 Å². The summed E-state index contributed by atoms with van der Waals surface area (Å²) in [5.74, 6) is 0.351. The number of hydrogen-bond acceptors (Lipinski definition) is 5. The lowest BCUT2D eigenvalue weighted by Crippen LogP contribution is -2.41. The van der Waals surface area contributed by atoms with Crippen LogP contribution < -0.4 is 4.74 Å². The molecule has 2 heterocycles. The number of morpholine rings is 1. The molecular weight excluding hydrogens is 298 g/mol. The van der Waals surface area contributed by atoms with Gasteiger partial charge in [0.1, 0.15) is 18.1 Å². The molecule has 2 aliphatic heterocycles. The Kier molecular flexibility index (Phi) is 4.34. The molecule has 0 aromatic heterocycles. The fourth-order valence-corrected chi connectivity index (χ4v) is 2.90. The number of aldehydes is 1. The van der Waals surface area contributed by atoms with Gasteiger partial charge in [0.2, 0.25) is 5.91 Å². The molecule has 1 aromatic rings. The molecule has 1 N–H and O–H groups in total. The molecule has 0 atom stereocenters. The van der Waals surface area contributed by atoms with Crippen molar-refractivity contribution in [2.45, 2.75) is 13.3 Å². The summed E-state index contributed by atoms with van der Waals surface area (Å²) in [4.78, 5) is 25.3. The third-order valence-electron chi connectivity index (χ3n) is 4.34. The lowest BCUT2D eigenvalue weighted by atomic mass is 9.94. The van der Waals surface area contributed by atoms with E-state index in [1.165, 1.54) is 6.07 Å². The van der Waals surface area contributed by atoms with Crippen LogP contribution in [0.3, 0.4) is 0 Å². The van der Waals surface area contributed by atoms with Crippen LogP contribution in [0.2, 0.25) is 0 Å². The number of aromatic hydroxyl groups is 1. The molecule has 1 fully saturated rings. The molecule has 122 valence electrons. The maximum atomic E-state index is 12.4. The molecule has 6 nitrogen and oxygen atoms in total. The highest BCUT2D eigenvalue weighted by atomic mass is 16.5. The number of phenols is 1. The van der Waals surface area contributed by atoms with Crippen molar-refractivity contribution < 1.29 is 24.2 Å². The van der Waals surface area contributed by atoms with Crippen LogP contribution in [-0.4, -0.2) is 55.1 Å². The van der Waals surface area contributed by atoms with Gasteiger partial charge >= 0.3 is 0 Å². The number of amides is 1. The number of fused-ring (bicyclic) bond motifs is 1. The first-order valence-electron chi connectivity index (χ1n) is 7.60. The SMILES string of the molecule is CC1=C(CC(=O)N2CCOCC2)COc2c1ccc(O)c2C=O. The van der Waals surface area contributed by atoms with Gasteiger partial charge in [0.05, 0.1) is 25.2 Å². The van der Waals surface area contributed by atoms with Gasteiger partial charge in [-0.2, -0.15) is 0 Å². The van der Waals surface area contributed by atoms with Crippen LogP contribution >= 0.6 is 0 Å². The van der Waals surface area contributed by atoms with E-state index in [4.69, 9.17) is 9.47 Å². The van der Waals surface area contributed by atoms with E-state index < -0.39 is 0 Å². The third-order valence-corrected chi connectivity index (χ3v) is 4.34. The number of carbonyl (C=O) groups excluding carboxylic acids is 2. The minimum absolute atomic E-state index is 0.0593. The lowest BCUT2D eigenvalue weighted by Gasteiger charge is -2.29. The van der Waals surface area contributed by atoms with E-state index in [-0.39, 0.29) is 23.8 Å². The fraction of sp³-hybridized carbons (Fsp3) is 0.412. The van der Waals surface area contributed by atoms with Gasteiger partial charge in [0.15, 0.2) is 6.29 Å². The minimum atomic E-state index is -0.0978. The summed E-state index contributed by atoms with van der Waals surface area (Å²) in [7, 11) is 0. The number of phenolic OH excluding ortho intramolecular Hbond substituents is 1. The zero-order valence-electron chi connectivity index (χ0n) is 13.0. The van der Waals surface area contributed by atoms with Crippen LogP contribution in [0.4, 0.5) is 0 Å². The van der Waals surface area contributed by atoms with E-state index in [1.807, 2.05) is 6.92 Å². The van der Waals surface area contributed by atoms with E-state index in [0.29, 0.717) is 44.8 Å². The Morgan fingerprint density at radius 1 is 1.35 bits per heavy atom. The number of nitrogens with zero attached hydrogens (tertiary/aromatic N) is 1. The molecule has 6 heteroatoms. The Bertz CT molecular complexity index is 674. The molecule has 1 amide bonds. The average Bonchev–Trinajstić information content (AvgIpc) is 2.58. The molecule has 0 bridgehead atoms. The molecule has 3 rings (SSSR count). The first-order valence-corrected chi connectivity index (χ1v) is 7.60. The summed E-state index contributed by atoms with van der Waals surface area (Å²) in [5.41, 5.74) is 2.73. The number of allylic oxidation sites excluding steroid dienone is 1. The quantitative estimate of drug-likeness (QED) is 0.857. The Morgan fingerprint density at radius 2 is 2.09 bits per heavy atom. The van der Waals surface area contributed by atoms with Crippen LogP contribution in [-0.2, 0) is 9.53 Å². The van der Waals surface area contributed by atoms with Crippen LogP contribution in [0, 0.1) is 0 Å². The molecule has 0 saturated carbocycles. The van der Waals surface area contributed by atoms with Gasteiger partial charge in [0, 0.05) is 18.7 Å². The van der Waals surface area contributed by atoms with E-state index >= 15 is 0 Å². The molecule has 0 unspecified atom stereocenters. The maximum Gasteiger partial charge on any atom is 0.226 e. The molecule has 2 aliphatic rings. The Balaban J connectivity index is 1.85. The largest absolute Gasteiger partial charge is 0.507 e. The topological polar surface area (TPSA) is 76.1 Å². The van der Waals surface area contributed by atoms with Gasteiger partial charge < -0.3 is 19.5 Å². The Hall–Kier alpha value is -2.34. The predicted octanol–water partition coefficient (Wildman–Crippen LogP) is 1.62. The van der Waals surface area contributed by atoms with Gasteiger partial charge in [-0.15, -0.1) is 0 Å². The number of carbonyl (C=O) groups is 2. The summed E-state index contributed by atoms with van der Waals surface area (Å²) in [5, 5.41) is 9.73. The maximum absolute atomic E-state index is 12.4. The zero-order chi connectivity index (χ0) is 16.4. The average molecular weight is 317 g/mol. The third kappa shape index (κ3) is 2.94. The highest BCUT2D eigenvalue weighted by Gasteiger charge is 2.25. The number of benzene rings is 1. The van der Waals surface area contributed by atoms with E-state index in [2.05, 4.69) is 0 Å². The van der Waals surface area contributed by atoms with Crippen LogP contribution in [0.1, 0.15) is 29.3 Å². The smallest absolute Gasteiger partial charge is 0.226 e. The second kappa shape index (κ2) is 6.42. The highest BCUT2D eigenvalue weighted by molar-refractivity contribution is 5.90. The van der Waals surface area contributed by atoms with Crippen molar-refractivity contribution in [2.24, 2.45) is 0 Å². The molecule has 1 saturated heterocycles. The van der Waals surface area contributed by atoms with Crippen LogP contribution in [0.5, 0.6) is 11.5 Å². The summed E-state index contributed by atoms with van der Waals surface area (Å²) < 4.78 is 10.9. The normalized spacial score (nSPS) is 17.5. The van der Waals surface area contributed by atoms with Crippen molar-refractivity contribution >= 4 is 17.8 Å². The first-order chi connectivity index (χ1) is 11.1. The van der Waals surface area contributed by atoms with Crippen molar-refractivity contribution in [3.63, 3.8) is 0 Å². The Morgan fingerprint density at radius 3 is 2.78 bits per heavy atom. The second-order valence-corrected chi connectivity index (χ2v) is 5.68. The second-order valence-electron chi connectivity index (χ2n) is 5.68. The van der Waals surface area contributed by atoms with Crippen molar-refractivity contribution in [2.75, 3.05) is 32.9 Å². The molecule has 23 heavy (non-hydrogen) atoms. The standard InChI is InChI=1S/C17H19NO5/c1-11-12(8-16(21)18-4-6-22-7-5-18)10-23-17-13(11)2-3-15(20)14(17)9-19/h2-3,9,20H,4-8,10H2,1H3.